The zero-order valence-corrected chi connectivity index (χ0v) is 10.2. The lowest BCUT2D eigenvalue weighted by atomic mass is 10.2. The smallest absolute Gasteiger partial charge is 0.323 e. The Morgan fingerprint density at radius 1 is 1.47 bits per heavy atom. The van der Waals surface area contributed by atoms with Gasteiger partial charge in [0.1, 0.15) is 17.4 Å². The lowest BCUT2D eigenvalue weighted by Crippen LogP contribution is -2.41. The van der Waals surface area contributed by atoms with Crippen molar-refractivity contribution in [3.8, 4) is 0 Å². The van der Waals surface area contributed by atoms with E-state index in [1.54, 1.807) is 13.8 Å². The van der Waals surface area contributed by atoms with Gasteiger partial charge >= 0.3 is 5.97 Å². The molecule has 92 valence electrons. The lowest BCUT2D eigenvalue weighted by Gasteiger charge is -2.24. The Hall–Kier alpha value is -1.69. The number of aromatic nitrogens is 2. The molecule has 0 aliphatic heterocycles. The Kier molecular flexibility index (Phi) is 4.39. The molecule has 0 atom stereocenters. The van der Waals surface area contributed by atoms with Crippen LogP contribution >= 0.6 is 11.6 Å². The van der Waals surface area contributed by atoms with Crippen molar-refractivity contribution in [1.29, 1.82) is 0 Å². The molecular weight excluding hydrogens is 246 g/mol. The van der Waals surface area contributed by atoms with Crippen molar-refractivity contribution < 1.29 is 14.7 Å². The Labute approximate surface area is 103 Å². The van der Waals surface area contributed by atoms with Crippen LogP contribution in [0.15, 0.2) is 12.4 Å². The first-order chi connectivity index (χ1) is 7.91. The summed E-state index contributed by atoms with van der Waals surface area (Å²) in [5.41, 5.74) is 0.0347. The topological polar surface area (TPSA) is 83.4 Å². The monoisotopic (exact) mass is 257 g/mol. The fraction of sp³-hybridized carbons (Fsp3) is 0.400. The van der Waals surface area contributed by atoms with Crippen molar-refractivity contribution in [3.63, 3.8) is 0 Å². The lowest BCUT2D eigenvalue weighted by molar-refractivity contribution is -0.138. The molecule has 0 fully saturated rings. The molecule has 1 heterocycles. The minimum absolute atomic E-state index is 0.0347. The third kappa shape index (κ3) is 3.67. The Morgan fingerprint density at radius 2 is 2.12 bits per heavy atom. The zero-order chi connectivity index (χ0) is 13.0. The van der Waals surface area contributed by atoms with Crippen LogP contribution in [0.3, 0.4) is 0 Å². The van der Waals surface area contributed by atoms with Crippen molar-refractivity contribution >= 4 is 23.5 Å². The predicted molar refractivity (Wildman–Crippen MR) is 60.9 cm³/mol. The van der Waals surface area contributed by atoms with Gasteiger partial charge in [-0.1, -0.05) is 11.6 Å². The second-order valence-electron chi connectivity index (χ2n) is 3.65. The van der Waals surface area contributed by atoms with Crippen molar-refractivity contribution in [2.24, 2.45) is 0 Å². The van der Waals surface area contributed by atoms with Crippen LogP contribution < -0.4 is 0 Å². The van der Waals surface area contributed by atoms with Crippen molar-refractivity contribution in [2.45, 2.75) is 19.9 Å². The molecule has 1 amide bonds. The third-order valence-corrected chi connectivity index (χ3v) is 2.20. The maximum atomic E-state index is 12.0. The van der Waals surface area contributed by atoms with Crippen LogP contribution in [-0.4, -0.2) is 44.4 Å². The van der Waals surface area contributed by atoms with Gasteiger partial charge in [0.05, 0.1) is 12.4 Å². The molecule has 0 radical (unpaired) electrons. The van der Waals surface area contributed by atoms with E-state index >= 15 is 0 Å². The van der Waals surface area contributed by atoms with Gasteiger partial charge in [-0.3, -0.25) is 14.6 Å². The molecule has 7 heteroatoms. The summed E-state index contributed by atoms with van der Waals surface area (Å²) in [6.07, 6.45) is 2.56. The SMILES string of the molecule is CC(C)N(CC(=O)O)C(=O)c1cncc(Cl)n1. The molecule has 0 bridgehead atoms. The maximum Gasteiger partial charge on any atom is 0.323 e. The number of aliphatic carboxylic acids is 1. The summed E-state index contributed by atoms with van der Waals surface area (Å²) in [4.78, 5) is 31.4. The van der Waals surface area contributed by atoms with Crippen molar-refractivity contribution in [2.75, 3.05) is 6.54 Å². The quantitative estimate of drug-likeness (QED) is 0.872. The number of carbonyl (C=O) groups excluding carboxylic acids is 1. The molecular formula is C10H12ClN3O3. The van der Waals surface area contributed by atoms with Gasteiger partial charge in [0.15, 0.2) is 0 Å². The van der Waals surface area contributed by atoms with Gasteiger partial charge in [-0.25, -0.2) is 4.98 Å². The van der Waals surface area contributed by atoms with Crippen LogP contribution in [-0.2, 0) is 4.79 Å². The summed E-state index contributed by atoms with van der Waals surface area (Å²) >= 11 is 5.62. The number of hydrogen-bond acceptors (Lipinski definition) is 4. The first-order valence-electron chi connectivity index (χ1n) is 4.92. The Bertz CT molecular complexity index is 437. The van der Waals surface area contributed by atoms with Crippen molar-refractivity contribution in [1.82, 2.24) is 14.9 Å². The molecule has 0 saturated carbocycles. The van der Waals surface area contributed by atoms with Crippen LogP contribution in [0.25, 0.3) is 0 Å². The van der Waals surface area contributed by atoms with Gasteiger partial charge in [-0.15, -0.1) is 0 Å². The number of amides is 1. The molecule has 0 saturated heterocycles. The first kappa shape index (κ1) is 13.4. The Balaban J connectivity index is 2.95. The number of carboxylic acid groups (broad SMARTS) is 1. The molecule has 0 spiro atoms. The van der Waals surface area contributed by atoms with Gasteiger partial charge < -0.3 is 10.0 Å². The standard InChI is InChI=1S/C10H12ClN3O3/c1-6(2)14(5-9(15)16)10(17)7-3-12-4-8(11)13-7/h3-4,6H,5H2,1-2H3,(H,15,16). The highest BCUT2D eigenvalue weighted by Crippen LogP contribution is 2.08. The Morgan fingerprint density at radius 3 is 2.59 bits per heavy atom. The van der Waals surface area contributed by atoms with E-state index in [9.17, 15) is 9.59 Å². The highest BCUT2D eigenvalue weighted by atomic mass is 35.5. The molecule has 0 aliphatic rings. The third-order valence-electron chi connectivity index (χ3n) is 2.01. The van der Waals surface area contributed by atoms with Crippen molar-refractivity contribution in [3.05, 3.63) is 23.2 Å². The summed E-state index contributed by atoms with van der Waals surface area (Å²) in [5.74, 6) is -1.58. The number of carboxylic acids is 1. The number of rotatable bonds is 4. The van der Waals surface area contributed by atoms with Gasteiger partial charge in [-0.05, 0) is 13.8 Å². The fourth-order valence-corrected chi connectivity index (χ4v) is 1.37. The largest absolute Gasteiger partial charge is 0.480 e. The first-order valence-corrected chi connectivity index (χ1v) is 5.30. The van der Waals surface area contributed by atoms with Crippen LogP contribution in [0.1, 0.15) is 24.3 Å². The summed E-state index contributed by atoms with van der Waals surface area (Å²) in [5, 5.41) is 8.82. The summed E-state index contributed by atoms with van der Waals surface area (Å²) in [6.45, 7) is 3.06. The molecule has 1 N–H and O–H groups in total. The summed E-state index contributed by atoms with van der Waals surface area (Å²) in [7, 11) is 0. The van der Waals surface area contributed by atoms with E-state index in [-0.39, 0.29) is 23.4 Å². The maximum absolute atomic E-state index is 12.0. The normalized spacial score (nSPS) is 10.4. The summed E-state index contributed by atoms with van der Waals surface area (Å²) < 4.78 is 0. The molecule has 1 aromatic heterocycles. The van der Waals surface area contributed by atoms with E-state index in [2.05, 4.69) is 9.97 Å². The fourth-order valence-electron chi connectivity index (χ4n) is 1.23. The molecule has 1 aromatic rings. The van der Waals surface area contributed by atoms with Gasteiger partial charge in [0.2, 0.25) is 0 Å². The molecule has 1 rings (SSSR count). The second kappa shape index (κ2) is 5.58. The van der Waals surface area contributed by atoms with E-state index in [1.807, 2.05) is 0 Å². The predicted octanol–water partition coefficient (Wildman–Crippen LogP) is 1.07. The van der Waals surface area contributed by atoms with Crippen LogP contribution in [0.5, 0.6) is 0 Å². The number of nitrogens with zero attached hydrogens (tertiary/aromatic N) is 3. The molecule has 17 heavy (non-hydrogen) atoms. The summed E-state index contributed by atoms with van der Waals surface area (Å²) in [6, 6.07) is -0.251. The van der Waals surface area contributed by atoms with E-state index in [1.165, 1.54) is 17.3 Å². The van der Waals surface area contributed by atoms with Gasteiger partial charge in [0.25, 0.3) is 5.91 Å². The highest BCUT2D eigenvalue weighted by Gasteiger charge is 2.22. The number of halogens is 1. The van der Waals surface area contributed by atoms with Gasteiger partial charge in [-0.2, -0.15) is 0 Å². The minimum atomic E-state index is -1.08. The number of carbonyl (C=O) groups is 2. The highest BCUT2D eigenvalue weighted by molar-refractivity contribution is 6.29. The average Bonchev–Trinajstić information content (AvgIpc) is 2.24. The van der Waals surface area contributed by atoms with E-state index in [4.69, 9.17) is 16.7 Å². The van der Waals surface area contributed by atoms with E-state index in [0.29, 0.717) is 0 Å². The number of hydrogen-bond donors (Lipinski definition) is 1. The molecule has 0 aromatic carbocycles. The van der Waals surface area contributed by atoms with Crippen LogP contribution in [0.4, 0.5) is 0 Å². The zero-order valence-electron chi connectivity index (χ0n) is 9.42. The van der Waals surface area contributed by atoms with E-state index in [0.717, 1.165) is 0 Å². The minimum Gasteiger partial charge on any atom is -0.480 e. The average molecular weight is 258 g/mol. The van der Waals surface area contributed by atoms with Crippen LogP contribution in [0.2, 0.25) is 5.15 Å². The van der Waals surface area contributed by atoms with Gasteiger partial charge in [0, 0.05) is 6.04 Å². The van der Waals surface area contributed by atoms with E-state index < -0.39 is 11.9 Å². The molecule has 0 unspecified atom stereocenters. The van der Waals surface area contributed by atoms with Crippen LogP contribution in [0, 0.1) is 0 Å². The second-order valence-corrected chi connectivity index (χ2v) is 4.03. The molecule has 6 nitrogen and oxygen atoms in total. The molecule has 0 aliphatic carbocycles.